The van der Waals surface area contributed by atoms with Crippen molar-refractivity contribution < 1.29 is 8.42 Å². The first-order valence-electron chi connectivity index (χ1n) is 6.28. The number of nitrogens with two attached hydrogens (primary N) is 1. The quantitative estimate of drug-likeness (QED) is 0.848. The third-order valence-corrected chi connectivity index (χ3v) is 4.42. The monoisotopic (exact) mass is 301 g/mol. The number of nitrogens with zero attached hydrogens (tertiary/aromatic N) is 1. The van der Waals surface area contributed by atoms with Gasteiger partial charge in [0.1, 0.15) is 0 Å². The van der Waals surface area contributed by atoms with Gasteiger partial charge in [0.25, 0.3) is 10.0 Å². The topological polar surface area (TPSA) is 96.0 Å². The summed E-state index contributed by atoms with van der Waals surface area (Å²) in [7, 11) is -3.70. The smallest absolute Gasteiger partial charge is 0.261 e. The molecule has 0 saturated carbocycles. The van der Waals surface area contributed by atoms with Gasteiger partial charge in [-0.15, -0.1) is 0 Å². The largest absolute Gasteiger partial charge is 0.397 e. The van der Waals surface area contributed by atoms with Gasteiger partial charge in [0.15, 0.2) is 0 Å². The van der Waals surface area contributed by atoms with Crippen molar-refractivity contribution in [2.75, 3.05) is 10.5 Å². The third kappa shape index (κ3) is 3.33. The normalized spacial score (nSPS) is 10.9. The molecular formula is C15H15N3O2S. The van der Waals surface area contributed by atoms with Gasteiger partial charge < -0.3 is 5.73 Å². The van der Waals surface area contributed by atoms with Crippen molar-refractivity contribution in [1.29, 1.82) is 5.26 Å². The van der Waals surface area contributed by atoms with Crippen LogP contribution in [0.25, 0.3) is 0 Å². The molecular weight excluding hydrogens is 286 g/mol. The minimum atomic E-state index is -3.70. The number of para-hydroxylation sites is 1. The van der Waals surface area contributed by atoms with Crippen molar-refractivity contribution in [3.63, 3.8) is 0 Å². The summed E-state index contributed by atoms with van der Waals surface area (Å²) >= 11 is 0. The van der Waals surface area contributed by atoms with Crippen LogP contribution in [0.3, 0.4) is 0 Å². The van der Waals surface area contributed by atoms with Gasteiger partial charge in [0.2, 0.25) is 0 Å². The summed E-state index contributed by atoms with van der Waals surface area (Å²) in [6.45, 7) is 1.78. The second-order valence-electron chi connectivity index (χ2n) is 4.62. The van der Waals surface area contributed by atoms with Crippen LogP contribution >= 0.6 is 0 Å². The molecule has 2 rings (SSSR count). The summed E-state index contributed by atoms with van der Waals surface area (Å²) in [6, 6.07) is 13.4. The fourth-order valence-corrected chi connectivity index (χ4v) is 3.06. The average molecular weight is 301 g/mol. The van der Waals surface area contributed by atoms with E-state index in [1.54, 1.807) is 37.3 Å². The molecule has 0 fully saturated rings. The van der Waals surface area contributed by atoms with E-state index in [-0.39, 0.29) is 11.3 Å². The van der Waals surface area contributed by atoms with Crippen LogP contribution in [-0.2, 0) is 16.4 Å². The van der Waals surface area contributed by atoms with Crippen LogP contribution in [0.5, 0.6) is 0 Å². The highest BCUT2D eigenvalue weighted by Crippen LogP contribution is 2.25. The van der Waals surface area contributed by atoms with Crippen molar-refractivity contribution in [2.45, 2.75) is 18.2 Å². The van der Waals surface area contributed by atoms with Gasteiger partial charge in [-0.2, -0.15) is 5.26 Å². The highest BCUT2D eigenvalue weighted by atomic mass is 32.2. The number of nitrogens with one attached hydrogen (secondary N) is 1. The molecule has 108 valence electrons. The van der Waals surface area contributed by atoms with Crippen molar-refractivity contribution >= 4 is 21.4 Å². The zero-order valence-corrected chi connectivity index (χ0v) is 12.3. The molecule has 5 nitrogen and oxygen atoms in total. The molecule has 0 aliphatic carbocycles. The Morgan fingerprint density at radius 1 is 1.19 bits per heavy atom. The molecule has 0 bridgehead atoms. The molecule has 0 aromatic heterocycles. The Balaban J connectivity index is 2.32. The first-order valence-corrected chi connectivity index (χ1v) is 7.76. The minimum Gasteiger partial charge on any atom is -0.397 e. The van der Waals surface area contributed by atoms with Crippen LogP contribution < -0.4 is 10.5 Å². The minimum absolute atomic E-state index is 0.131. The Kier molecular flexibility index (Phi) is 4.15. The molecule has 0 amide bonds. The van der Waals surface area contributed by atoms with Gasteiger partial charge >= 0.3 is 0 Å². The van der Waals surface area contributed by atoms with Gasteiger partial charge in [0, 0.05) is 0 Å². The van der Waals surface area contributed by atoms with Crippen molar-refractivity contribution in [3.05, 3.63) is 53.6 Å². The fourth-order valence-electron chi connectivity index (χ4n) is 1.90. The van der Waals surface area contributed by atoms with E-state index in [9.17, 15) is 8.42 Å². The molecule has 2 aromatic rings. The summed E-state index contributed by atoms with van der Waals surface area (Å²) in [4.78, 5) is 0.131. The average Bonchev–Trinajstić information content (AvgIpc) is 2.44. The molecule has 0 radical (unpaired) electrons. The summed E-state index contributed by atoms with van der Waals surface area (Å²) in [5, 5.41) is 8.61. The predicted molar refractivity (Wildman–Crippen MR) is 82.2 cm³/mol. The number of anilines is 2. The lowest BCUT2D eigenvalue weighted by Crippen LogP contribution is -2.15. The lowest BCUT2D eigenvalue weighted by Gasteiger charge is -2.13. The number of aryl methyl sites for hydroxylation is 1. The maximum absolute atomic E-state index is 12.3. The molecule has 21 heavy (non-hydrogen) atoms. The van der Waals surface area contributed by atoms with Crippen molar-refractivity contribution in [1.82, 2.24) is 0 Å². The van der Waals surface area contributed by atoms with Crippen molar-refractivity contribution in [2.24, 2.45) is 0 Å². The zero-order valence-electron chi connectivity index (χ0n) is 11.5. The van der Waals surface area contributed by atoms with Crippen LogP contribution in [0.1, 0.15) is 11.1 Å². The summed E-state index contributed by atoms with van der Waals surface area (Å²) in [5.74, 6) is 0. The Hall–Kier alpha value is -2.52. The predicted octanol–water partition coefficient (Wildman–Crippen LogP) is 2.44. The Bertz CT molecular complexity index is 770. The molecule has 0 atom stereocenters. The number of hydrogen-bond acceptors (Lipinski definition) is 4. The standard InChI is InChI=1S/C15H15N3O2S/c1-11-3-2-4-14(17)15(11)18-21(19,20)13-7-5-12(6-8-13)9-10-16/h2-8,18H,9,17H2,1H3. The van der Waals surface area contributed by atoms with E-state index >= 15 is 0 Å². The first kappa shape index (κ1) is 14.9. The maximum Gasteiger partial charge on any atom is 0.261 e. The Morgan fingerprint density at radius 3 is 2.43 bits per heavy atom. The number of hydrogen-bond donors (Lipinski definition) is 2. The first-order chi connectivity index (χ1) is 9.94. The molecule has 2 aromatic carbocycles. The van der Waals surface area contributed by atoms with E-state index < -0.39 is 10.0 Å². The fraction of sp³-hybridized carbons (Fsp3) is 0.133. The van der Waals surface area contributed by atoms with E-state index in [2.05, 4.69) is 4.72 Å². The summed E-state index contributed by atoms with van der Waals surface area (Å²) in [5.41, 5.74) is 8.09. The molecule has 0 spiro atoms. The molecule has 0 aliphatic heterocycles. The van der Waals surface area contributed by atoms with Gasteiger partial charge in [-0.3, -0.25) is 4.72 Å². The number of rotatable bonds is 4. The second kappa shape index (κ2) is 5.85. The Morgan fingerprint density at radius 2 is 1.86 bits per heavy atom. The third-order valence-electron chi connectivity index (χ3n) is 3.06. The van der Waals surface area contributed by atoms with Crippen molar-refractivity contribution in [3.8, 4) is 6.07 Å². The van der Waals surface area contributed by atoms with Crippen LogP contribution in [0, 0.1) is 18.3 Å². The Labute approximate surface area is 124 Å². The molecule has 0 saturated heterocycles. The number of benzene rings is 2. The van der Waals surface area contributed by atoms with E-state index in [4.69, 9.17) is 11.0 Å². The van der Waals surface area contributed by atoms with Gasteiger partial charge in [-0.05, 0) is 36.2 Å². The van der Waals surface area contributed by atoms with Gasteiger partial charge in [-0.25, -0.2) is 8.42 Å². The molecule has 3 N–H and O–H groups in total. The SMILES string of the molecule is Cc1cccc(N)c1NS(=O)(=O)c1ccc(CC#N)cc1. The molecule has 6 heteroatoms. The van der Waals surface area contributed by atoms with Gasteiger partial charge in [0.05, 0.1) is 28.8 Å². The van der Waals surface area contributed by atoms with E-state index in [1.807, 2.05) is 6.07 Å². The van der Waals surface area contributed by atoms with E-state index in [0.717, 1.165) is 11.1 Å². The van der Waals surface area contributed by atoms with Crippen LogP contribution in [0.2, 0.25) is 0 Å². The zero-order chi connectivity index (χ0) is 15.5. The van der Waals surface area contributed by atoms with E-state index in [0.29, 0.717) is 11.4 Å². The maximum atomic E-state index is 12.3. The van der Waals surface area contributed by atoms with Gasteiger partial charge in [-0.1, -0.05) is 24.3 Å². The lowest BCUT2D eigenvalue weighted by atomic mass is 10.2. The summed E-state index contributed by atoms with van der Waals surface area (Å²) in [6.07, 6.45) is 0.249. The van der Waals surface area contributed by atoms with Crippen LogP contribution in [0.15, 0.2) is 47.4 Å². The van der Waals surface area contributed by atoms with E-state index in [1.165, 1.54) is 12.1 Å². The molecule has 0 unspecified atom stereocenters. The number of sulfonamides is 1. The van der Waals surface area contributed by atoms with Crippen LogP contribution in [0.4, 0.5) is 11.4 Å². The molecule has 0 aliphatic rings. The van der Waals surface area contributed by atoms with Crippen LogP contribution in [-0.4, -0.2) is 8.42 Å². The number of nitriles is 1. The summed E-state index contributed by atoms with van der Waals surface area (Å²) < 4.78 is 27.2. The lowest BCUT2D eigenvalue weighted by molar-refractivity contribution is 0.601. The number of nitrogen functional groups attached to an aromatic ring is 1. The highest BCUT2D eigenvalue weighted by molar-refractivity contribution is 7.92. The highest BCUT2D eigenvalue weighted by Gasteiger charge is 2.16. The second-order valence-corrected chi connectivity index (χ2v) is 6.31. The molecule has 0 heterocycles.